The van der Waals surface area contributed by atoms with Crippen LogP contribution < -0.4 is 21.5 Å². The van der Waals surface area contributed by atoms with Crippen molar-refractivity contribution < 1.29 is 26.3 Å². The maximum Gasteiger partial charge on any atom is 0.250 e. The Morgan fingerprint density at radius 2 is 2.22 bits per heavy atom. The average Bonchev–Trinajstić information content (AvgIpc) is 2.66. The molecule has 0 aliphatic carbocycles. The Kier molecular flexibility index (Phi) is 4.24. The molecular weight excluding hydrogens is 312 g/mol. The van der Waals surface area contributed by atoms with Crippen molar-refractivity contribution in [1.82, 2.24) is 4.90 Å². The van der Waals surface area contributed by atoms with Gasteiger partial charge in [0.05, 0.1) is 5.75 Å². The van der Waals surface area contributed by atoms with Gasteiger partial charge in [0.1, 0.15) is 0 Å². The Morgan fingerprint density at radius 3 is 3.11 bits per heavy atom. The number of amides is 1. The van der Waals surface area contributed by atoms with Crippen molar-refractivity contribution >= 4 is 17.7 Å². The molecule has 18 heavy (non-hydrogen) atoms. The highest BCUT2D eigenvalue weighted by molar-refractivity contribution is 7.99. The summed E-state index contributed by atoms with van der Waals surface area (Å²) in [6.45, 7) is 0. The first kappa shape index (κ1) is 13.4. The number of fused-ring (bicyclic) bond motifs is 1. The zero-order valence-electron chi connectivity index (χ0n) is 9.70. The minimum atomic E-state index is 0. The highest BCUT2D eigenvalue weighted by atomic mass is 79.9. The van der Waals surface area contributed by atoms with Gasteiger partial charge in [-0.05, 0) is 23.9 Å². The standard InChI is InChI=1S/C13H13N2OS.BrH/c16-12-6-2-1-4-8-14(12)11-10-17-13-7-3-5-9-15(11)13;/h1-5,7-9,11H,6,10H2;1H/q+1;/p-1. The summed E-state index contributed by atoms with van der Waals surface area (Å²) in [6, 6.07) is 6.13. The Balaban J connectivity index is 0.00000120. The average molecular weight is 325 g/mol. The van der Waals surface area contributed by atoms with Gasteiger partial charge in [-0.3, -0.25) is 9.69 Å². The number of thioether (sulfide) groups is 1. The van der Waals surface area contributed by atoms with Crippen LogP contribution in [0.15, 0.2) is 53.8 Å². The van der Waals surface area contributed by atoms with E-state index in [4.69, 9.17) is 0 Å². The lowest BCUT2D eigenvalue weighted by Gasteiger charge is -2.19. The van der Waals surface area contributed by atoms with Crippen LogP contribution in [0, 0.1) is 0 Å². The largest absolute Gasteiger partial charge is 1.00 e. The quantitative estimate of drug-likeness (QED) is 0.611. The maximum absolute atomic E-state index is 12.0. The first-order valence-electron chi connectivity index (χ1n) is 5.64. The number of carbonyl (C=O) groups excluding carboxylic acids is 1. The van der Waals surface area contributed by atoms with Crippen molar-refractivity contribution in [3.8, 4) is 0 Å². The SMILES string of the molecule is O=C1CC=CC=CN1C1CSc2cccc[n+]21.[Br-]. The van der Waals surface area contributed by atoms with Crippen molar-refractivity contribution in [3.05, 3.63) is 48.8 Å². The van der Waals surface area contributed by atoms with Gasteiger partial charge in [0, 0.05) is 24.8 Å². The predicted octanol–water partition coefficient (Wildman–Crippen LogP) is -1.12. The molecule has 0 bridgehead atoms. The van der Waals surface area contributed by atoms with Crippen molar-refractivity contribution in [2.45, 2.75) is 17.6 Å². The van der Waals surface area contributed by atoms with Gasteiger partial charge >= 0.3 is 0 Å². The van der Waals surface area contributed by atoms with Gasteiger partial charge in [0.2, 0.25) is 17.1 Å². The Labute approximate surface area is 121 Å². The van der Waals surface area contributed by atoms with Crippen molar-refractivity contribution in [1.29, 1.82) is 0 Å². The fraction of sp³-hybridized carbons (Fsp3) is 0.231. The fourth-order valence-corrected chi connectivity index (χ4v) is 3.25. The number of hydrogen-bond acceptors (Lipinski definition) is 2. The third kappa shape index (κ3) is 2.37. The topological polar surface area (TPSA) is 24.2 Å². The molecule has 2 aliphatic heterocycles. The maximum atomic E-state index is 12.0. The predicted molar refractivity (Wildman–Crippen MR) is 66.1 cm³/mol. The third-order valence-corrected chi connectivity index (χ3v) is 4.06. The molecule has 3 rings (SSSR count). The number of aromatic nitrogens is 1. The van der Waals surface area contributed by atoms with Gasteiger partial charge in [0.15, 0.2) is 6.20 Å². The molecule has 94 valence electrons. The molecule has 1 aromatic heterocycles. The number of nitrogens with zero attached hydrogens (tertiary/aromatic N) is 2. The lowest BCUT2D eigenvalue weighted by atomic mass is 10.3. The summed E-state index contributed by atoms with van der Waals surface area (Å²) in [4.78, 5) is 13.8. The minimum absolute atomic E-state index is 0. The summed E-state index contributed by atoms with van der Waals surface area (Å²) in [7, 11) is 0. The van der Waals surface area contributed by atoms with Crippen LogP contribution in [0.2, 0.25) is 0 Å². The van der Waals surface area contributed by atoms with Crippen molar-refractivity contribution in [2.24, 2.45) is 0 Å². The van der Waals surface area contributed by atoms with E-state index in [9.17, 15) is 4.79 Å². The molecule has 0 N–H and O–H groups in total. The minimum Gasteiger partial charge on any atom is -1.00 e. The second-order valence-corrected chi connectivity index (χ2v) is 5.05. The number of pyridine rings is 1. The lowest BCUT2D eigenvalue weighted by molar-refractivity contribution is -0.761. The molecule has 1 amide bonds. The van der Waals surface area contributed by atoms with Crippen LogP contribution in [0.25, 0.3) is 0 Å². The number of allylic oxidation sites excluding steroid dienone is 2. The molecule has 3 nitrogen and oxygen atoms in total. The summed E-state index contributed by atoms with van der Waals surface area (Å²) in [5.41, 5.74) is 0. The van der Waals surface area contributed by atoms with Gasteiger partial charge in [0.25, 0.3) is 0 Å². The van der Waals surface area contributed by atoms with Crippen LogP contribution in [0.3, 0.4) is 0 Å². The first-order valence-corrected chi connectivity index (χ1v) is 6.62. The summed E-state index contributed by atoms with van der Waals surface area (Å²) in [5.74, 6) is 1.07. The monoisotopic (exact) mass is 324 g/mol. The first-order chi connectivity index (χ1) is 8.36. The molecular formula is C13H13BrN2OS. The second kappa shape index (κ2) is 5.71. The zero-order valence-corrected chi connectivity index (χ0v) is 12.1. The fourth-order valence-electron chi connectivity index (χ4n) is 2.11. The molecule has 0 saturated carbocycles. The molecule has 0 spiro atoms. The van der Waals surface area contributed by atoms with Crippen molar-refractivity contribution in [2.75, 3.05) is 5.75 Å². The van der Waals surface area contributed by atoms with Crippen LogP contribution in [0.4, 0.5) is 0 Å². The smallest absolute Gasteiger partial charge is 0.250 e. The van der Waals surface area contributed by atoms with Gasteiger partial charge < -0.3 is 17.0 Å². The van der Waals surface area contributed by atoms with Crippen LogP contribution in [-0.2, 0) is 4.79 Å². The zero-order chi connectivity index (χ0) is 11.7. The van der Waals surface area contributed by atoms with E-state index in [-0.39, 0.29) is 29.1 Å². The van der Waals surface area contributed by atoms with E-state index in [1.165, 1.54) is 5.03 Å². The van der Waals surface area contributed by atoms with Gasteiger partial charge in [-0.1, -0.05) is 12.2 Å². The highest BCUT2D eigenvalue weighted by Gasteiger charge is 2.37. The second-order valence-electron chi connectivity index (χ2n) is 4.01. The Bertz CT molecular complexity index is 515. The molecule has 3 heterocycles. The lowest BCUT2D eigenvalue weighted by Crippen LogP contribution is -3.00. The molecule has 0 aromatic carbocycles. The van der Waals surface area contributed by atoms with Gasteiger partial charge in [-0.2, -0.15) is 4.57 Å². The number of halogens is 1. The molecule has 0 fully saturated rings. The van der Waals surface area contributed by atoms with E-state index in [0.29, 0.717) is 6.42 Å². The summed E-state index contributed by atoms with van der Waals surface area (Å²) in [6.07, 6.45) is 10.3. The van der Waals surface area contributed by atoms with Gasteiger partial charge in [-0.25, -0.2) is 0 Å². The Morgan fingerprint density at radius 1 is 1.33 bits per heavy atom. The normalized spacial score (nSPS) is 21.4. The molecule has 1 unspecified atom stereocenters. The Hall–Kier alpha value is -1.07. The van der Waals surface area contributed by atoms with Crippen LogP contribution in [0.1, 0.15) is 12.6 Å². The van der Waals surface area contributed by atoms with Gasteiger partial charge in [-0.15, -0.1) is 0 Å². The molecule has 0 saturated heterocycles. The molecule has 2 aliphatic rings. The number of hydrogen-bond donors (Lipinski definition) is 0. The van der Waals surface area contributed by atoms with E-state index in [0.717, 1.165) is 5.75 Å². The number of carbonyl (C=O) groups is 1. The van der Waals surface area contributed by atoms with E-state index < -0.39 is 0 Å². The number of rotatable bonds is 1. The summed E-state index contributed by atoms with van der Waals surface area (Å²) >= 11 is 1.79. The summed E-state index contributed by atoms with van der Waals surface area (Å²) in [5, 5.41) is 1.22. The van der Waals surface area contributed by atoms with Crippen molar-refractivity contribution in [3.63, 3.8) is 0 Å². The van der Waals surface area contributed by atoms with E-state index in [1.807, 2.05) is 47.7 Å². The van der Waals surface area contributed by atoms with Crippen LogP contribution in [-0.4, -0.2) is 16.6 Å². The van der Waals surface area contributed by atoms with E-state index in [1.54, 1.807) is 11.8 Å². The third-order valence-electron chi connectivity index (χ3n) is 2.95. The highest BCUT2D eigenvalue weighted by Crippen LogP contribution is 2.28. The molecule has 5 heteroatoms. The van der Waals surface area contributed by atoms with E-state index >= 15 is 0 Å². The summed E-state index contributed by atoms with van der Waals surface area (Å²) < 4.78 is 2.16. The molecule has 1 atom stereocenters. The van der Waals surface area contributed by atoms with E-state index in [2.05, 4.69) is 10.6 Å². The molecule has 0 radical (unpaired) electrons. The molecule has 1 aromatic rings. The van der Waals surface area contributed by atoms with Crippen LogP contribution in [0.5, 0.6) is 0 Å². The van der Waals surface area contributed by atoms with Crippen LogP contribution >= 0.6 is 11.8 Å².